The molecule has 28 heavy (non-hydrogen) atoms. The van der Waals surface area contributed by atoms with Crippen LogP contribution in [0.5, 0.6) is 0 Å². The maximum Gasteiger partial charge on any atom is 0.438 e. The maximum absolute atomic E-state index is 12.3. The molecule has 3 rings (SSSR count). The number of aryl methyl sites for hydroxylation is 2. The molecule has 1 amide bonds. The second-order valence-corrected chi connectivity index (χ2v) is 8.56. The van der Waals surface area contributed by atoms with Crippen LogP contribution in [0.4, 0.5) is 10.8 Å². The van der Waals surface area contributed by atoms with Gasteiger partial charge in [-0.1, -0.05) is 16.5 Å². The fraction of sp³-hybridized carbons (Fsp3) is 0.267. The van der Waals surface area contributed by atoms with Crippen molar-refractivity contribution in [2.45, 2.75) is 31.1 Å². The minimum Gasteiger partial charge on any atom is -0.326 e. The van der Waals surface area contributed by atoms with E-state index in [1.54, 1.807) is 6.92 Å². The summed E-state index contributed by atoms with van der Waals surface area (Å²) in [5.74, 6) is -0.500. The highest BCUT2D eigenvalue weighted by Gasteiger charge is 2.16. The quantitative estimate of drug-likeness (QED) is 0.487. The average Bonchev–Trinajstić information content (AvgIpc) is 3.23. The lowest BCUT2D eigenvalue weighted by Crippen LogP contribution is -2.14. The van der Waals surface area contributed by atoms with Crippen LogP contribution < -0.4 is 15.8 Å². The molecule has 0 radical (unpaired) electrons. The fourth-order valence-electron chi connectivity index (χ4n) is 2.24. The zero-order valence-electron chi connectivity index (χ0n) is 14.6. The lowest BCUT2D eigenvalue weighted by Gasteiger charge is -2.07. The number of nitrogens with one attached hydrogen (secondary N) is 3. The minimum absolute atomic E-state index is 0.0355. The summed E-state index contributed by atoms with van der Waals surface area (Å²) < 4.78 is 31.4. The molecule has 0 atom stereocenters. The summed E-state index contributed by atoms with van der Waals surface area (Å²) in [5, 5.41) is 14.5. The molecule has 0 saturated carbocycles. The molecule has 1 aromatic carbocycles. The highest BCUT2D eigenvalue weighted by atomic mass is 32.2. The molecule has 148 valence electrons. The van der Waals surface area contributed by atoms with Gasteiger partial charge in [0, 0.05) is 18.5 Å². The fourth-order valence-corrected chi connectivity index (χ4v) is 4.06. The molecule has 2 aromatic heterocycles. The number of hydrogen-bond acceptors (Lipinski definition) is 9. The maximum atomic E-state index is 12.3. The van der Waals surface area contributed by atoms with Crippen molar-refractivity contribution in [2.75, 3.05) is 10.0 Å². The summed E-state index contributed by atoms with van der Waals surface area (Å²) in [6.45, 7) is 1.72. The lowest BCUT2D eigenvalue weighted by molar-refractivity contribution is -0.116. The number of amides is 1. The molecule has 3 aromatic rings. The van der Waals surface area contributed by atoms with Gasteiger partial charge < -0.3 is 5.32 Å². The molecule has 0 aliphatic carbocycles. The van der Waals surface area contributed by atoms with Gasteiger partial charge >= 0.3 is 5.76 Å². The van der Waals surface area contributed by atoms with Crippen molar-refractivity contribution in [1.29, 1.82) is 0 Å². The molecule has 3 N–H and O–H groups in total. The molecule has 13 heteroatoms. The van der Waals surface area contributed by atoms with E-state index in [1.807, 2.05) is 0 Å². The van der Waals surface area contributed by atoms with Gasteiger partial charge in [0.25, 0.3) is 10.0 Å². The predicted molar refractivity (Wildman–Crippen MR) is 101 cm³/mol. The van der Waals surface area contributed by atoms with Gasteiger partial charge in [0.15, 0.2) is 5.82 Å². The normalized spacial score (nSPS) is 11.3. The van der Waals surface area contributed by atoms with E-state index in [-0.39, 0.29) is 22.4 Å². The molecule has 0 bridgehead atoms. The highest BCUT2D eigenvalue weighted by Crippen LogP contribution is 2.20. The van der Waals surface area contributed by atoms with Crippen LogP contribution in [-0.4, -0.2) is 34.7 Å². The van der Waals surface area contributed by atoms with E-state index in [0.717, 1.165) is 11.3 Å². The Hall–Kier alpha value is -3.06. The van der Waals surface area contributed by atoms with Gasteiger partial charge in [-0.3, -0.25) is 19.0 Å². The van der Waals surface area contributed by atoms with Crippen LogP contribution in [0.2, 0.25) is 0 Å². The largest absolute Gasteiger partial charge is 0.438 e. The predicted octanol–water partition coefficient (Wildman–Crippen LogP) is 1.29. The van der Waals surface area contributed by atoms with Crippen molar-refractivity contribution in [1.82, 2.24) is 20.3 Å². The van der Waals surface area contributed by atoms with Crippen molar-refractivity contribution in [3.05, 3.63) is 45.6 Å². The number of aromatic nitrogens is 4. The lowest BCUT2D eigenvalue weighted by atomic mass is 10.2. The Morgan fingerprint density at radius 1 is 1.25 bits per heavy atom. The number of carbonyl (C=O) groups excluding carboxylic acids is 1. The van der Waals surface area contributed by atoms with Gasteiger partial charge in [0.2, 0.25) is 11.0 Å². The standard InChI is InChI=1S/C15H16N6O5S2/c1-9-18-19-14(27-9)21-28(24,25)11-7-5-10(6-8-11)16-13(22)4-2-3-12-17-15(23)26-20-12/h5-8H,2-4H2,1H3,(H,16,22)(H,19,21)(H,17,20,23). The topological polar surface area (TPSA) is 160 Å². The van der Waals surface area contributed by atoms with Crippen LogP contribution >= 0.6 is 11.3 Å². The number of sulfonamides is 1. The van der Waals surface area contributed by atoms with Gasteiger partial charge in [-0.2, -0.15) is 0 Å². The molecule has 0 saturated heterocycles. The third-order valence-electron chi connectivity index (χ3n) is 3.50. The van der Waals surface area contributed by atoms with Gasteiger partial charge in [-0.15, -0.1) is 10.2 Å². The van der Waals surface area contributed by atoms with Crippen molar-refractivity contribution < 1.29 is 17.7 Å². The second-order valence-electron chi connectivity index (χ2n) is 5.70. The number of anilines is 2. The van der Waals surface area contributed by atoms with E-state index < -0.39 is 15.8 Å². The third-order valence-corrected chi connectivity index (χ3v) is 5.74. The Morgan fingerprint density at radius 3 is 2.61 bits per heavy atom. The minimum atomic E-state index is -3.79. The van der Waals surface area contributed by atoms with E-state index >= 15 is 0 Å². The summed E-state index contributed by atoms with van der Waals surface area (Å²) in [5.41, 5.74) is 0.463. The first-order valence-electron chi connectivity index (χ1n) is 8.09. The smallest absolute Gasteiger partial charge is 0.326 e. The van der Waals surface area contributed by atoms with Crippen LogP contribution in [-0.2, 0) is 21.2 Å². The zero-order valence-corrected chi connectivity index (χ0v) is 16.3. The Labute approximate surface area is 163 Å². The number of aromatic amines is 1. The molecule has 0 unspecified atom stereocenters. The number of carbonyl (C=O) groups is 1. The average molecular weight is 424 g/mol. The van der Waals surface area contributed by atoms with Crippen LogP contribution in [0.15, 0.2) is 38.5 Å². The first-order valence-corrected chi connectivity index (χ1v) is 10.4. The van der Waals surface area contributed by atoms with E-state index in [9.17, 15) is 18.0 Å². The van der Waals surface area contributed by atoms with Gasteiger partial charge in [0.1, 0.15) is 5.01 Å². The first kappa shape index (κ1) is 19.7. The third kappa shape index (κ3) is 5.23. The Morgan fingerprint density at radius 2 is 2.00 bits per heavy atom. The van der Waals surface area contributed by atoms with Crippen molar-refractivity contribution in [3.8, 4) is 0 Å². The first-order chi connectivity index (χ1) is 13.3. The number of benzene rings is 1. The van der Waals surface area contributed by atoms with Gasteiger partial charge in [-0.25, -0.2) is 13.2 Å². The molecule has 0 spiro atoms. The number of rotatable bonds is 8. The van der Waals surface area contributed by atoms with Gasteiger partial charge in [0.05, 0.1) is 4.90 Å². The molecule has 11 nitrogen and oxygen atoms in total. The summed E-state index contributed by atoms with van der Waals surface area (Å²) in [4.78, 5) is 25.2. The highest BCUT2D eigenvalue weighted by molar-refractivity contribution is 7.93. The molecular formula is C15H16N6O5S2. The summed E-state index contributed by atoms with van der Waals surface area (Å²) in [6.07, 6.45) is 1.06. The molecular weight excluding hydrogens is 408 g/mol. The SMILES string of the molecule is Cc1nnc(NS(=O)(=O)c2ccc(NC(=O)CCCc3noc(=O)[nH]3)cc2)s1. The van der Waals surface area contributed by atoms with E-state index in [4.69, 9.17) is 0 Å². The van der Waals surface area contributed by atoms with Crippen LogP contribution in [0.3, 0.4) is 0 Å². The van der Waals surface area contributed by atoms with Crippen molar-refractivity contribution >= 4 is 38.1 Å². The van der Waals surface area contributed by atoms with E-state index in [2.05, 4.69) is 34.9 Å². The second kappa shape index (κ2) is 8.31. The van der Waals surface area contributed by atoms with Crippen molar-refractivity contribution in [2.24, 2.45) is 0 Å². The number of nitrogens with zero attached hydrogens (tertiary/aromatic N) is 3. The molecule has 2 heterocycles. The van der Waals surface area contributed by atoms with Crippen LogP contribution in [0.1, 0.15) is 23.7 Å². The molecule has 0 aliphatic heterocycles. The summed E-state index contributed by atoms with van der Waals surface area (Å²) in [6, 6.07) is 5.75. The Balaban J connectivity index is 1.53. The zero-order chi connectivity index (χ0) is 20.1. The number of H-pyrrole nitrogens is 1. The van der Waals surface area contributed by atoms with Crippen LogP contribution in [0, 0.1) is 6.92 Å². The Bertz CT molecular complexity index is 1120. The van der Waals surface area contributed by atoms with Crippen molar-refractivity contribution in [3.63, 3.8) is 0 Å². The van der Waals surface area contributed by atoms with Gasteiger partial charge in [-0.05, 0) is 37.6 Å². The Kier molecular flexibility index (Phi) is 5.84. The monoisotopic (exact) mass is 424 g/mol. The van der Waals surface area contributed by atoms with E-state index in [0.29, 0.717) is 29.4 Å². The molecule has 0 aliphatic rings. The summed E-state index contributed by atoms with van der Waals surface area (Å²) >= 11 is 1.13. The summed E-state index contributed by atoms with van der Waals surface area (Å²) in [7, 11) is -3.79. The molecule has 0 fully saturated rings. The van der Waals surface area contributed by atoms with E-state index in [1.165, 1.54) is 24.3 Å². The number of hydrogen-bond donors (Lipinski definition) is 3. The van der Waals surface area contributed by atoms with Crippen LogP contribution in [0.25, 0.3) is 0 Å².